The van der Waals surface area contributed by atoms with Gasteiger partial charge in [0, 0.05) is 0 Å². The Morgan fingerprint density at radius 3 is 2.26 bits per heavy atom. The molecule has 0 fully saturated rings. The molecule has 1 aromatic heterocycles. The number of nitrogens with one attached hydrogen (secondary N) is 2. The van der Waals surface area contributed by atoms with Gasteiger partial charge < -0.3 is 5.32 Å². The van der Waals surface area contributed by atoms with Crippen molar-refractivity contribution in [1.29, 1.82) is 0 Å². The van der Waals surface area contributed by atoms with Crippen molar-refractivity contribution in [2.45, 2.75) is 13.3 Å². The molecule has 2 N–H and O–H groups in total. The molecule has 2 rings (SSSR count). The van der Waals surface area contributed by atoms with Crippen molar-refractivity contribution >= 4 is 27.3 Å². The van der Waals surface area contributed by atoms with Crippen molar-refractivity contribution < 1.29 is 21.6 Å². The Bertz CT molecular complexity index is 798. The van der Waals surface area contributed by atoms with Gasteiger partial charge in [0.25, 0.3) is 0 Å². The van der Waals surface area contributed by atoms with Gasteiger partial charge in [-0.2, -0.15) is 0 Å². The zero-order chi connectivity index (χ0) is 17.0. The average molecular weight is 346 g/mol. The molecule has 0 unspecified atom stereocenters. The van der Waals surface area contributed by atoms with Gasteiger partial charge in [-0.05, 0) is 30.7 Å². The summed E-state index contributed by atoms with van der Waals surface area (Å²) in [4.78, 5) is 0. The topological polar surface area (TPSA) is 84.0 Å². The van der Waals surface area contributed by atoms with Crippen molar-refractivity contribution in [1.82, 2.24) is 10.2 Å². The van der Waals surface area contributed by atoms with Gasteiger partial charge in [-0.25, -0.2) is 21.6 Å². The predicted molar refractivity (Wildman–Crippen MR) is 79.3 cm³/mol. The molecule has 23 heavy (non-hydrogen) atoms. The SMILES string of the molecule is CCCS(=O)(=O)Nc1ccc(Nc2ccc(F)c(F)c2F)nn1. The standard InChI is InChI=1S/C13H13F3N4O2S/c1-2-7-23(21,22)20-11-6-5-10(18-19-11)17-9-4-3-8(14)12(15)13(9)16/h3-6H,2,7H2,1H3,(H,17,18)(H,19,20). The maximum atomic E-state index is 13.5. The summed E-state index contributed by atoms with van der Waals surface area (Å²) in [7, 11) is -3.50. The minimum absolute atomic E-state index is 0.00485. The maximum absolute atomic E-state index is 13.5. The van der Waals surface area contributed by atoms with Crippen LogP contribution in [0.25, 0.3) is 0 Å². The van der Waals surface area contributed by atoms with Gasteiger partial charge in [-0.1, -0.05) is 6.92 Å². The molecule has 0 bridgehead atoms. The number of nitrogens with zero attached hydrogens (tertiary/aromatic N) is 2. The third kappa shape index (κ3) is 4.31. The van der Waals surface area contributed by atoms with Gasteiger partial charge in [-0.3, -0.25) is 4.72 Å². The van der Waals surface area contributed by atoms with Crippen molar-refractivity contribution in [2.24, 2.45) is 0 Å². The second-order valence-corrected chi connectivity index (χ2v) is 6.41. The maximum Gasteiger partial charge on any atom is 0.233 e. The Labute approximate surface area is 130 Å². The third-order valence-electron chi connectivity index (χ3n) is 2.70. The molecule has 0 amide bonds. The van der Waals surface area contributed by atoms with E-state index in [1.165, 1.54) is 12.1 Å². The number of aromatic nitrogens is 2. The van der Waals surface area contributed by atoms with Crippen LogP contribution in [0.3, 0.4) is 0 Å². The van der Waals surface area contributed by atoms with Crippen LogP contribution in [0.5, 0.6) is 0 Å². The van der Waals surface area contributed by atoms with E-state index < -0.39 is 27.5 Å². The van der Waals surface area contributed by atoms with E-state index in [1.807, 2.05) is 0 Å². The van der Waals surface area contributed by atoms with E-state index in [2.05, 4.69) is 20.2 Å². The van der Waals surface area contributed by atoms with E-state index in [-0.39, 0.29) is 23.1 Å². The molecule has 0 aliphatic rings. The van der Waals surface area contributed by atoms with Crippen LogP contribution in [0.1, 0.15) is 13.3 Å². The smallest absolute Gasteiger partial charge is 0.233 e. The van der Waals surface area contributed by atoms with E-state index in [1.54, 1.807) is 6.92 Å². The lowest BCUT2D eigenvalue weighted by molar-refractivity contribution is 0.449. The van der Waals surface area contributed by atoms with Gasteiger partial charge in [0.1, 0.15) is 0 Å². The fourth-order valence-corrected chi connectivity index (χ4v) is 2.76. The minimum Gasteiger partial charge on any atom is -0.336 e. The van der Waals surface area contributed by atoms with Gasteiger partial charge in [0.15, 0.2) is 29.1 Å². The number of benzene rings is 1. The molecular weight excluding hydrogens is 333 g/mol. The van der Waals surface area contributed by atoms with Crippen LogP contribution in [-0.4, -0.2) is 24.4 Å². The zero-order valence-electron chi connectivity index (χ0n) is 12.0. The molecular formula is C13H13F3N4O2S. The van der Waals surface area contributed by atoms with Crippen LogP contribution in [0.2, 0.25) is 0 Å². The van der Waals surface area contributed by atoms with Crippen molar-refractivity contribution in [3.63, 3.8) is 0 Å². The van der Waals surface area contributed by atoms with Crippen LogP contribution < -0.4 is 10.0 Å². The van der Waals surface area contributed by atoms with Crippen LogP contribution in [0.15, 0.2) is 24.3 Å². The Morgan fingerprint density at radius 2 is 1.65 bits per heavy atom. The number of anilines is 3. The molecule has 0 atom stereocenters. The fraction of sp³-hybridized carbons (Fsp3) is 0.231. The molecule has 2 aromatic rings. The highest BCUT2D eigenvalue weighted by atomic mass is 32.2. The van der Waals surface area contributed by atoms with E-state index >= 15 is 0 Å². The van der Waals surface area contributed by atoms with E-state index in [0.717, 1.165) is 12.1 Å². The molecule has 6 nitrogen and oxygen atoms in total. The summed E-state index contributed by atoms with van der Waals surface area (Å²) in [5, 5.41) is 9.68. The molecule has 0 saturated heterocycles. The summed E-state index contributed by atoms with van der Waals surface area (Å²) in [6.45, 7) is 1.72. The van der Waals surface area contributed by atoms with E-state index in [9.17, 15) is 21.6 Å². The molecule has 10 heteroatoms. The predicted octanol–water partition coefficient (Wildman–Crippen LogP) is 2.79. The molecule has 124 valence electrons. The summed E-state index contributed by atoms with van der Waals surface area (Å²) < 4.78 is 64.8. The van der Waals surface area contributed by atoms with Crippen molar-refractivity contribution in [3.05, 3.63) is 41.7 Å². The summed E-state index contributed by atoms with van der Waals surface area (Å²) in [5.74, 6) is -4.33. The van der Waals surface area contributed by atoms with Crippen LogP contribution in [0, 0.1) is 17.5 Å². The Hall–Kier alpha value is -2.36. The molecule has 0 spiro atoms. The highest BCUT2D eigenvalue weighted by molar-refractivity contribution is 7.92. The molecule has 0 saturated carbocycles. The minimum atomic E-state index is -3.50. The quantitative estimate of drug-likeness (QED) is 0.786. The largest absolute Gasteiger partial charge is 0.336 e. The highest BCUT2D eigenvalue weighted by Crippen LogP contribution is 2.22. The first kappa shape index (κ1) is 17.0. The summed E-state index contributed by atoms with van der Waals surface area (Å²) in [5.41, 5.74) is -0.322. The lowest BCUT2D eigenvalue weighted by Gasteiger charge is -2.08. The number of rotatable bonds is 6. The van der Waals surface area contributed by atoms with Crippen LogP contribution in [-0.2, 0) is 10.0 Å². The lowest BCUT2D eigenvalue weighted by atomic mass is 10.3. The number of hydrogen-bond acceptors (Lipinski definition) is 5. The highest BCUT2D eigenvalue weighted by Gasteiger charge is 2.14. The molecule has 1 aromatic carbocycles. The lowest BCUT2D eigenvalue weighted by Crippen LogP contribution is -2.17. The Kier molecular flexibility index (Phi) is 5.04. The van der Waals surface area contributed by atoms with Crippen LogP contribution >= 0.6 is 0 Å². The summed E-state index contributed by atoms with van der Waals surface area (Å²) in [6, 6.07) is 4.40. The van der Waals surface area contributed by atoms with Gasteiger partial charge in [0.2, 0.25) is 10.0 Å². The number of halogens is 3. The molecule has 0 aliphatic heterocycles. The molecule has 1 heterocycles. The van der Waals surface area contributed by atoms with Gasteiger partial charge >= 0.3 is 0 Å². The number of hydrogen-bond donors (Lipinski definition) is 2. The first-order valence-electron chi connectivity index (χ1n) is 6.57. The van der Waals surface area contributed by atoms with Crippen LogP contribution in [0.4, 0.5) is 30.5 Å². The second kappa shape index (κ2) is 6.82. The second-order valence-electron chi connectivity index (χ2n) is 4.57. The Morgan fingerprint density at radius 1 is 1.00 bits per heavy atom. The molecule has 0 aliphatic carbocycles. The third-order valence-corrected chi connectivity index (χ3v) is 4.16. The zero-order valence-corrected chi connectivity index (χ0v) is 12.8. The van der Waals surface area contributed by atoms with Crippen molar-refractivity contribution in [2.75, 3.05) is 15.8 Å². The Balaban J connectivity index is 2.13. The summed E-state index contributed by atoms with van der Waals surface area (Å²) >= 11 is 0. The first-order chi connectivity index (χ1) is 10.8. The summed E-state index contributed by atoms with van der Waals surface area (Å²) in [6.07, 6.45) is 0.442. The number of sulfonamides is 1. The normalized spacial score (nSPS) is 11.3. The van der Waals surface area contributed by atoms with Crippen molar-refractivity contribution in [3.8, 4) is 0 Å². The molecule has 0 radical (unpaired) electrons. The average Bonchev–Trinajstić information content (AvgIpc) is 2.49. The monoisotopic (exact) mass is 346 g/mol. The van der Waals surface area contributed by atoms with Gasteiger partial charge in [0.05, 0.1) is 11.4 Å². The first-order valence-corrected chi connectivity index (χ1v) is 8.22. The van der Waals surface area contributed by atoms with Gasteiger partial charge in [-0.15, -0.1) is 10.2 Å². The fourth-order valence-electron chi connectivity index (χ4n) is 1.69. The van der Waals surface area contributed by atoms with E-state index in [4.69, 9.17) is 0 Å². The van der Waals surface area contributed by atoms with E-state index in [0.29, 0.717) is 6.42 Å².